The molecule has 2 saturated heterocycles. The van der Waals surface area contributed by atoms with Gasteiger partial charge < -0.3 is 41.0 Å². The zero-order valence-electron chi connectivity index (χ0n) is 32.9. The Morgan fingerprint density at radius 1 is 0.649 bits per heavy atom. The number of hydrogen-bond donors (Lipinski definition) is 6. The zero-order chi connectivity index (χ0) is 38.5. The van der Waals surface area contributed by atoms with Crippen LogP contribution >= 0.6 is 0 Å². The summed E-state index contributed by atoms with van der Waals surface area (Å²) in [6.45, 7) is 5.01. The highest BCUT2D eigenvalue weighted by molar-refractivity contribution is 5.64. The van der Waals surface area contributed by atoms with Crippen LogP contribution in [-0.4, -0.2) is 104 Å². The van der Waals surface area contributed by atoms with Crippen LogP contribution in [0.1, 0.15) is 92.0 Å². The van der Waals surface area contributed by atoms with Crippen LogP contribution in [0.2, 0.25) is 0 Å². The van der Waals surface area contributed by atoms with E-state index in [-0.39, 0.29) is 47.9 Å². The second-order valence-corrected chi connectivity index (χ2v) is 19.8. The lowest BCUT2D eigenvalue weighted by Crippen LogP contribution is -2.78. The van der Waals surface area contributed by atoms with Gasteiger partial charge >= 0.3 is 0 Å². The number of nitrogens with zero attached hydrogens (tertiary/aromatic N) is 2. The van der Waals surface area contributed by atoms with E-state index in [4.69, 9.17) is 15.2 Å². The summed E-state index contributed by atoms with van der Waals surface area (Å²) in [4.78, 5) is 5.14. The van der Waals surface area contributed by atoms with Crippen LogP contribution in [0, 0.1) is 11.8 Å². The molecular weight excluding hydrogens is 717 g/mol. The number of nitrogens with two attached hydrogens (primary N) is 1. The summed E-state index contributed by atoms with van der Waals surface area (Å²) in [5, 5.41) is 49.4. The molecule has 302 valence electrons. The van der Waals surface area contributed by atoms with E-state index < -0.39 is 22.0 Å². The van der Waals surface area contributed by atoms with Gasteiger partial charge in [-0.1, -0.05) is 42.5 Å². The highest BCUT2D eigenvalue weighted by Crippen LogP contribution is 2.67. The lowest BCUT2D eigenvalue weighted by Gasteiger charge is -2.64. The van der Waals surface area contributed by atoms with E-state index in [0.29, 0.717) is 11.5 Å². The van der Waals surface area contributed by atoms with E-state index in [0.717, 1.165) is 107 Å². The highest BCUT2D eigenvalue weighted by Gasteiger charge is 2.74. The third-order valence-corrected chi connectivity index (χ3v) is 17.0. The molecule has 3 aromatic rings. The van der Waals surface area contributed by atoms with Crippen molar-refractivity contribution in [3.05, 3.63) is 82.4 Å². The number of phenols is 2. The molecule has 6 fully saturated rings. The number of likely N-dealkylation sites (tertiary alicyclic amines) is 2. The Morgan fingerprint density at radius 3 is 1.74 bits per heavy atom. The number of piperidine rings is 2. The summed E-state index contributed by atoms with van der Waals surface area (Å²) in [6, 6.07) is 18.5. The van der Waals surface area contributed by atoms with Crippen LogP contribution in [-0.2, 0) is 30.2 Å². The molecule has 4 bridgehead atoms. The van der Waals surface area contributed by atoms with E-state index in [1.54, 1.807) is 12.1 Å². The van der Waals surface area contributed by atoms with Gasteiger partial charge in [-0.3, -0.25) is 9.80 Å². The Balaban J connectivity index is 0.000000129. The summed E-state index contributed by atoms with van der Waals surface area (Å²) in [6.07, 6.45) is 11.6. The number of nitrogens with one attached hydrogen (secondary N) is 1. The van der Waals surface area contributed by atoms with Crippen molar-refractivity contribution < 1.29 is 29.9 Å². The molecule has 0 aromatic heterocycles. The lowest BCUT2D eigenvalue weighted by molar-refractivity contribution is -0.191. The SMILES string of the molecule is N[C@H]1CC[C@@]2(O)[C@H]3Cc4ccc(O)c5c4[C@@]2(CCN3CC2CC2)[C@H]1O5.Oc1ccc2c3c1O[C@H]1[C@@H](NCc4ccccc4)CC[C@@]4(O)[C@@H](C2)N(CC2CC2)CC[C@]314. The van der Waals surface area contributed by atoms with Crippen molar-refractivity contribution in [1.82, 2.24) is 15.1 Å². The number of phenolic OH excluding ortho intramolecular Hbond substituents is 2. The minimum absolute atomic E-state index is 0.0892. The van der Waals surface area contributed by atoms with E-state index in [1.807, 2.05) is 12.1 Å². The van der Waals surface area contributed by atoms with Gasteiger partial charge in [-0.15, -0.1) is 0 Å². The van der Waals surface area contributed by atoms with Gasteiger partial charge in [0.25, 0.3) is 0 Å². The Morgan fingerprint density at radius 2 is 1.18 bits per heavy atom. The second kappa shape index (κ2) is 12.3. The first-order valence-electron chi connectivity index (χ1n) is 22.1. The summed E-state index contributed by atoms with van der Waals surface area (Å²) in [7, 11) is 0. The first-order chi connectivity index (χ1) is 27.6. The number of benzene rings is 3. The molecule has 13 rings (SSSR count). The van der Waals surface area contributed by atoms with Crippen LogP contribution in [0.5, 0.6) is 23.0 Å². The number of aromatic hydroxyl groups is 2. The fourth-order valence-corrected chi connectivity index (χ4v) is 14.1. The Labute approximate surface area is 335 Å². The number of ether oxygens (including phenoxy) is 2. The molecule has 3 aromatic carbocycles. The van der Waals surface area contributed by atoms with Gasteiger partial charge in [-0.05, 0) is 131 Å². The maximum atomic E-state index is 12.5. The number of aliphatic hydroxyl groups is 2. The average molecular weight is 775 g/mol. The lowest BCUT2D eigenvalue weighted by atomic mass is 9.48. The van der Waals surface area contributed by atoms with Crippen LogP contribution in [0.15, 0.2) is 54.6 Å². The molecule has 2 spiro atoms. The monoisotopic (exact) mass is 774 g/mol. The van der Waals surface area contributed by atoms with E-state index in [1.165, 1.54) is 42.4 Å². The molecule has 0 amide bonds. The van der Waals surface area contributed by atoms with Gasteiger partial charge in [0.1, 0.15) is 12.2 Å². The number of rotatable bonds is 7. The number of hydrogen-bond acceptors (Lipinski definition) is 10. The Bertz CT molecular complexity index is 2110. The standard InChI is InChI=1S/C27H32N2O3.C20H26N2O3/c30-21-9-8-19-14-22-27(31)11-10-20(28-15-17-4-2-1-3-5-17)25-26(27,23(19)24(21)32-25)12-13-29(22)16-18-6-7-18;21-13-5-6-20(24)15-9-12-3-4-14(23)17-16(12)19(20,18(13)25-17)7-8-22(15)10-11-1-2-11/h1-5,8-9,18,20,22,25,28,30-31H,6-7,10-16H2;3-4,11,13,15,18,23-24H,1-2,5-10,21H2/t20-,22+,25-,26-,27+;13-,15+,18-,19-,20+/m00/s1. The van der Waals surface area contributed by atoms with Gasteiger partial charge in [0.2, 0.25) is 0 Å². The molecule has 10 aliphatic rings. The largest absolute Gasteiger partial charge is 0.504 e. The second-order valence-electron chi connectivity index (χ2n) is 19.8. The minimum atomic E-state index is -0.804. The maximum absolute atomic E-state index is 12.5. The van der Waals surface area contributed by atoms with Crippen molar-refractivity contribution in [3.8, 4) is 23.0 Å². The Kier molecular flexibility index (Phi) is 7.69. The third-order valence-electron chi connectivity index (χ3n) is 17.0. The predicted molar refractivity (Wildman–Crippen MR) is 215 cm³/mol. The molecule has 57 heavy (non-hydrogen) atoms. The molecule has 4 heterocycles. The fraction of sp³-hybridized carbons (Fsp3) is 0.617. The summed E-state index contributed by atoms with van der Waals surface area (Å²) < 4.78 is 12.9. The van der Waals surface area contributed by atoms with E-state index >= 15 is 0 Å². The molecule has 0 unspecified atom stereocenters. The first kappa shape index (κ1) is 35.6. The van der Waals surface area contributed by atoms with Crippen LogP contribution in [0.4, 0.5) is 0 Å². The smallest absolute Gasteiger partial charge is 0.165 e. The van der Waals surface area contributed by atoms with Gasteiger partial charge in [0, 0.05) is 54.9 Å². The van der Waals surface area contributed by atoms with E-state index in [2.05, 4.69) is 45.4 Å². The van der Waals surface area contributed by atoms with Crippen molar-refractivity contribution in [3.63, 3.8) is 0 Å². The molecule has 4 saturated carbocycles. The van der Waals surface area contributed by atoms with Crippen LogP contribution in [0.25, 0.3) is 0 Å². The normalized spacial score (nSPS) is 40.3. The maximum Gasteiger partial charge on any atom is 0.165 e. The van der Waals surface area contributed by atoms with Crippen LogP contribution in [0.3, 0.4) is 0 Å². The van der Waals surface area contributed by atoms with Crippen molar-refractivity contribution in [1.29, 1.82) is 0 Å². The van der Waals surface area contributed by atoms with Crippen LogP contribution < -0.4 is 20.5 Å². The molecular formula is C47H58N4O6. The molecule has 4 aliphatic heterocycles. The van der Waals surface area contributed by atoms with Crippen molar-refractivity contribution in [2.75, 3.05) is 26.2 Å². The summed E-state index contributed by atoms with van der Waals surface area (Å²) in [5.41, 5.74) is 9.91. The van der Waals surface area contributed by atoms with Gasteiger partial charge in [-0.25, -0.2) is 0 Å². The van der Waals surface area contributed by atoms with Gasteiger partial charge in [0.15, 0.2) is 23.0 Å². The van der Waals surface area contributed by atoms with Crippen molar-refractivity contribution >= 4 is 0 Å². The molecule has 10 heteroatoms. The molecule has 10 nitrogen and oxygen atoms in total. The minimum Gasteiger partial charge on any atom is -0.504 e. The molecule has 6 aliphatic carbocycles. The summed E-state index contributed by atoms with van der Waals surface area (Å²) >= 11 is 0. The molecule has 7 N–H and O–H groups in total. The first-order valence-corrected chi connectivity index (χ1v) is 22.1. The fourth-order valence-electron chi connectivity index (χ4n) is 14.1. The van der Waals surface area contributed by atoms with Gasteiger partial charge in [0.05, 0.1) is 22.0 Å². The zero-order valence-corrected chi connectivity index (χ0v) is 32.9. The van der Waals surface area contributed by atoms with Crippen molar-refractivity contribution in [2.45, 2.75) is 142 Å². The van der Waals surface area contributed by atoms with Gasteiger partial charge in [-0.2, -0.15) is 0 Å². The average Bonchev–Trinajstić information content (AvgIpc) is 4.14. The predicted octanol–water partition coefficient (Wildman–Crippen LogP) is 4.40. The van der Waals surface area contributed by atoms with Crippen molar-refractivity contribution in [2.24, 2.45) is 17.6 Å². The third kappa shape index (κ3) is 4.80. The quantitative estimate of drug-likeness (QED) is 0.205. The Hall–Kier alpha value is -3.38. The highest BCUT2D eigenvalue weighted by atomic mass is 16.5. The molecule has 10 atom stereocenters. The molecule has 0 radical (unpaired) electrons. The topological polar surface area (TPSA) is 144 Å². The summed E-state index contributed by atoms with van der Waals surface area (Å²) in [5.74, 6) is 3.26. The van der Waals surface area contributed by atoms with E-state index in [9.17, 15) is 20.4 Å².